The van der Waals surface area contributed by atoms with Gasteiger partial charge in [-0.2, -0.15) is 0 Å². The lowest BCUT2D eigenvalue weighted by Gasteiger charge is -1.97. The summed E-state index contributed by atoms with van der Waals surface area (Å²) in [5, 5.41) is 0. The fourth-order valence-corrected chi connectivity index (χ4v) is 2.50. The van der Waals surface area contributed by atoms with Gasteiger partial charge in [0.1, 0.15) is 4.34 Å². The Labute approximate surface area is 97.2 Å². The molecule has 82 valence electrons. The van der Waals surface area contributed by atoms with E-state index in [9.17, 15) is 9.59 Å². The van der Waals surface area contributed by atoms with Gasteiger partial charge in [-0.05, 0) is 19.4 Å². The van der Waals surface area contributed by atoms with Gasteiger partial charge in [0.15, 0.2) is 5.78 Å². The van der Waals surface area contributed by atoms with E-state index in [-0.39, 0.29) is 18.1 Å². The molecule has 0 fully saturated rings. The molecule has 0 unspecified atom stereocenters. The van der Waals surface area contributed by atoms with Gasteiger partial charge in [-0.25, -0.2) is 0 Å². The molecule has 15 heavy (non-hydrogen) atoms. The van der Waals surface area contributed by atoms with Gasteiger partial charge in [0.25, 0.3) is 0 Å². The Hall–Kier alpha value is -0.870. The van der Waals surface area contributed by atoms with E-state index in [1.54, 1.807) is 6.07 Å². The highest BCUT2D eigenvalue weighted by molar-refractivity contribution is 7.16. The average molecular weight is 246 g/mol. The lowest BCUT2D eigenvalue weighted by molar-refractivity contribution is -0.118. The fourth-order valence-electron chi connectivity index (χ4n) is 1.23. The van der Waals surface area contributed by atoms with Crippen LogP contribution in [0.15, 0.2) is 6.07 Å². The highest BCUT2D eigenvalue weighted by atomic mass is 35.5. The number of nitrogens with two attached hydrogens (primary N) is 1. The number of thiophene rings is 1. The van der Waals surface area contributed by atoms with Crippen molar-refractivity contribution >= 4 is 34.6 Å². The van der Waals surface area contributed by atoms with Crippen LogP contribution in [0.25, 0.3) is 0 Å². The van der Waals surface area contributed by atoms with Crippen LogP contribution in [0.1, 0.15) is 34.5 Å². The Bertz CT molecular complexity index is 387. The van der Waals surface area contributed by atoms with Crippen LogP contribution >= 0.6 is 22.9 Å². The van der Waals surface area contributed by atoms with E-state index in [1.807, 2.05) is 6.92 Å². The maximum Gasteiger partial charge on any atom is 0.217 e. The summed E-state index contributed by atoms with van der Waals surface area (Å²) in [7, 11) is 0. The molecule has 1 rings (SSSR count). The summed E-state index contributed by atoms with van der Waals surface area (Å²) < 4.78 is 0.525. The Morgan fingerprint density at radius 3 is 2.60 bits per heavy atom. The van der Waals surface area contributed by atoms with Gasteiger partial charge in [0.2, 0.25) is 5.91 Å². The van der Waals surface area contributed by atoms with Crippen LogP contribution in [-0.4, -0.2) is 11.7 Å². The molecule has 2 N–H and O–H groups in total. The summed E-state index contributed by atoms with van der Waals surface area (Å²) in [6.07, 6.45) is 1.05. The zero-order chi connectivity index (χ0) is 11.4. The Morgan fingerprint density at radius 1 is 1.47 bits per heavy atom. The molecule has 0 aliphatic rings. The number of rotatable bonds is 5. The molecule has 0 aliphatic carbocycles. The number of carbonyl (C=O) groups excluding carboxylic acids is 2. The normalized spacial score (nSPS) is 10.3. The standard InChI is InChI=1S/C10H12ClNO2S/c1-6-5-7(10(11)15-6)8(13)3-2-4-9(12)14/h5H,2-4H2,1H3,(H2,12,14). The number of Topliss-reactive ketones (excluding diaryl/α,β-unsaturated/α-hetero) is 1. The average Bonchev–Trinajstić information content (AvgIpc) is 2.44. The minimum absolute atomic E-state index is 0.0226. The van der Waals surface area contributed by atoms with Crippen molar-refractivity contribution in [1.29, 1.82) is 0 Å². The van der Waals surface area contributed by atoms with E-state index in [1.165, 1.54) is 11.3 Å². The molecule has 1 aromatic rings. The molecule has 5 heteroatoms. The molecular formula is C10H12ClNO2S. The predicted octanol–water partition coefficient (Wildman–Crippen LogP) is 2.55. The fraction of sp³-hybridized carbons (Fsp3) is 0.400. The molecule has 1 heterocycles. The quantitative estimate of drug-likeness (QED) is 0.811. The van der Waals surface area contributed by atoms with Crippen molar-refractivity contribution in [2.75, 3.05) is 0 Å². The van der Waals surface area contributed by atoms with Gasteiger partial charge in [0.05, 0.1) is 0 Å². The summed E-state index contributed by atoms with van der Waals surface area (Å²) in [5.41, 5.74) is 5.54. The maximum atomic E-state index is 11.6. The molecule has 0 saturated carbocycles. The molecular weight excluding hydrogens is 234 g/mol. The van der Waals surface area contributed by atoms with Crippen molar-refractivity contribution in [3.8, 4) is 0 Å². The summed E-state index contributed by atoms with van der Waals surface area (Å²) in [5.74, 6) is -0.402. The Kier molecular flexibility index (Phi) is 4.29. The third-order valence-corrected chi connectivity index (χ3v) is 3.21. The summed E-state index contributed by atoms with van der Waals surface area (Å²) in [6.45, 7) is 1.90. The lowest BCUT2D eigenvalue weighted by Crippen LogP contribution is -2.10. The molecule has 0 aromatic carbocycles. The van der Waals surface area contributed by atoms with Gasteiger partial charge in [-0.15, -0.1) is 11.3 Å². The molecule has 0 bridgehead atoms. The largest absolute Gasteiger partial charge is 0.370 e. The van der Waals surface area contributed by atoms with E-state index >= 15 is 0 Å². The van der Waals surface area contributed by atoms with Crippen molar-refractivity contribution in [3.63, 3.8) is 0 Å². The third kappa shape index (κ3) is 3.64. The van der Waals surface area contributed by atoms with E-state index in [2.05, 4.69) is 0 Å². The monoisotopic (exact) mass is 245 g/mol. The second-order valence-corrected chi connectivity index (χ2v) is 5.15. The highest BCUT2D eigenvalue weighted by Gasteiger charge is 2.13. The number of hydrogen-bond donors (Lipinski definition) is 1. The van der Waals surface area contributed by atoms with Crippen LogP contribution in [-0.2, 0) is 4.79 Å². The van der Waals surface area contributed by atoms with Crippen LogP contribution in [0.5, 0.6) is 0 Å². The molecule has 0 atom stereocenters. The number of hydrogen-bond acceptors (Lipinski definition) is 3. The van der Waals surface area contributed by atoms with Crippen LogP contribution in [0.2, 0.25) is 4.34 Å². The smallest absolute Gasteiger partial charge is 0.217 e. The van der Waals surface area contributed by atoms with E-state index in [0.717, 1.165) is 4.88 Å². The molecule has 0 spiro atoms. The van der Waals surface area contributed by atoms with Gasteiger partial charge < -0.3 is 5.73 Å². The van der Waals surface area contributed by atoms with Gasteiger partial charge >= 0.3 is 0 Å². The first-order valence-electron chi connectivity index (χ1n) is 4.58. The highest BCUT2D eigenvalue weighted by Crippen LogP contribution is 2.28. The van der Waals surface area contributed by atoms with Crippen molar-refractivity contribution < 1.29 is 9.59 Å². The van der Waals surface area contributed by atoms with Crippen molar-refractivity contribution in [2.45, 2.75) is 26.2 Å². The summed E-state index contributed by atoms with van der Waals surface area (Å²) in [6, 6.07) is 1.78. The van der Waals surface area contributed by atoms with E-state index in [4.69, 9.17) is 17.3 Å². The minimum atomic E-state index is -0.379. The van der Waals surface area contributed by atoms with Gasteiger partial charge in [-0.3, -0.25) is 9.59 Å². The molecule has 1 amide bonds. The van der Waals surface area contributed by atoms with Crippen LogP contribution < -0.4 is 5.73 Å². The summed E-state index contributed by atoms with van der Waals surface area (Å²) >= 11 is 7.28. The predicted molar refractivity (Wildman–Crippen MR) is 61.4 cm³/mol. The first-order valence-corrected chi connectivity index (χ1v) is 5.77. The minimum Gasteiger partial charge on any atom is -0.370 e. The third-order valence-electron chi connectivity index (χ3n) is 1.94. The van der Waals surface area contributed by atoms with Crippen LogP contribution in [0.3, 0.4) is 0 Å². The second kappa shape index (κ2) is 5.28. The van der Waals surface area contributed by atoms with Crippen molar-refractivity contribution in [1.82, 2.24) is 0 Å². The van der Waals surface area contributed by atoms with Gasteiger partial charge in [0, 0.05) is 23.3 Å². The first-order chi connectivity index (χ1) is 7.00. The SMILES string of the molecule is Cc1cc(C(=O)CCCC(N)=O)c(Cl)s1. The Balaban J connectivity index is 2.54. The Morgan fingerprint density at radius 2 is 2.13 bits per heavy atom. The molecule has 0 radical (unpaired) electrons. The van der Waals surface area contributed by atoms with Crippen LogP contribution in [0.4, 0.5) is 0 Å². The molecule has 1 aromatic heterocycles. The van der Waals surface area contributed by atoms with Crippen molar-refractivity contribution in [3.05, 3.63) is 20.8 Å². The number of amides is 1. The van der Waals surface area contributed by atoms with E-state index in [0.29, 0.717) is 22.7 Å². The van der Waals surface area contributed by atoms with Gasteiger partial charge in [-0.1, -0.05) is 11.6 Å². The zero-order valence-electron chi connectivity index (χ0n) is 8.38. The number of ketones is 1. The zero-order valence-corrected chi connectivity index (χ0v) is 9.95. The number of aryl methyl sites for hydroxylation is 1. The molecule has 0 aliphatic heterocycles. The topological polar surface area (TPSA) is 60.2 Å². The second-order valence-electron chi connectivity index (χ2n) is 3.29. The number of halogens is 1. The number of primary amides is 1. The maximum absolute atomic E-state index is 11.6. The van der Waals surface area contributed by atoms with Crippen molar-refractivity contribution in [2.24, 2.45) is 5.73 Å². The summed E-state index contributed by atoms with van der Waals surface area (Å²) in [4.78, 5) is 23.1. The van der Waals surface area contributed by atoms with Crippen LogP contribution in [0, 0.1) is 6.92 Å². The molecule has 0 saturated heterocycles. The lowest BCUT2D eigenvalue weighted by atomic mass is 10.1. The number of carbonyl (C=O) groups is 2. The van der Waals surface area contributed by atoms with E-state index < -0.39 is 0 Å². The molecule has 3 nitrogen and oxygen atoms in total. The first kappa shape index (κ1) is 12.2.